The van der Waals surface area contributed by atoms with Crippen molar-refractivity contribution >= 4 is 23.3 Å². The zero-order valence-electron chi connectivity index (χ0n) is 23.6. The molecule has 40 heavy (non-hydrogen) atoms. The molecule has 2 heterocycles. The van der Waals surface area contributed by atoms with Crippen LogP contribution in [0.5, 0.6) is 5.75 Å². The van der Waals surface area contributed by atoms with E-state index in [0.29, 0.717) is 31.7 Å². The second-order valence-corrected chi connectivity index (χ2v) is 10.5. The minimum atomic E-state index is -0.833. The second kappa shape index (κ2) is 12.1. The predicted octanol–water partition coefficient (Wildman–Crippen LogP) is 4.91. The quantitative estimate of drug-likeness (QED) is 0.339. The maximum atomic E-state index is 13.9. The summed E-state index contributed by atoms with van der Waals surface area (Å²) >= 11 is 0. The molecule has 0 unspecified atom stereocenters. The molecule has 1 spiro atoms. The molecular formula is C32H38N4O4. The SMILES string of the molecule is COCCN1C(=O)N(Cc2cccc(OC)c2)C(=O)C12CCN(Cc1cccc(N(C)c3ccccc3)c1)CC2. The predicted molar refractivity (Wildman–Crippen MR) is 156 cm³/mol. The van der Waals surface area contributed by atoms with Crippen LogP contribution in [-0.4, -0.2) is 79.7 Å². The number of methoxy groups -OCH3 is 2. The number of carbonyl (C=O) groups excluding carboxylic acids is 2. The highest BCUT2D eigenvalue weighted by Gasteiger charge is 2.57. The zero-order valence-corrected chi connectivity index (χ0v) is 23.6. The first-order valence-corrected chi connectivity index (χ1v) is 13.8. The number of urea groups is 1. The van der Waals surface area contributed by atoms with Gasteiger partial charge in [-0.15, -0.1) is 0 Å². The summed E-state index contributed by atoms with van der Waals surface area (Å²) in [6.07, 6.45) is 1.19. The molecule has 5 rings (SSSR count). The van der Waals surface area contributed by atoms with Gasteiger partial charge in [-0.1, -0.05) is 42.5 Å². The van der Waals surface area contributed by atoms with Crippen molar-refractivity contribution in [1.29, 1.82) is 0 Å². The third-order valence-corrected chi connectivity index (χ3v) is 8.15. The number of piperidine rings is 1. The molecule has 0 saturated carbocycles. The van der Waals surface area contributed by atoms with Crippen LogP contribution in [0.2, 0.25) is 0 Å². The average Bonchev–Trinajstić information content (AvgIpc) is 3.18. The van der Waals surface area contributed by atoms with E-state index in [1.165, 1.54) is 10.5 Å². The lowest BCUT2D eigenvalue weighted by Crippen LogP contribution is -2.57. The highest BCUT2D eigenvalue weighted by atomic mass is 16.5. The van der Waals surface area contributed by atoms with E-state index in [-0.39, 0.29) is 18.5 Å². The van der Waals surface area contributed by atoms with Crippen LogP contribution in [0, 0.1) is 0 Å². The van der Waals surface area contributed by atoms with Gasteiger partial charge < -0.3 is 19.3 Å². The lowest BCUT2D eigenvalue weighted by Gasteiger charge is -2.42. The fourth-order valence-corrected chi connectivity index (χ4v) is 5.85. The largest absolute Gasteiger partial charge is 0.497 e. The Balaban J connectivity index is 1.29. The van der Waals surface area contributed by atoms with Crippen molar-refractivity contribution in [1.82, 2.24) is 14.7 Å². The topological polar surface area (TPSA) is 65.6 Å². The van der Waals surface area contributed by atoms with Crippen LogP contribution in [0.15, 0.2) is 78.9 Å². The summed E-state index contributed by atoms with van der Waals surface area (Å²) in [7, 11) is 5.31. The molecule has 210 valence electrons. The first-order valence-electron chi connectivity index (χ1n) is 13.8. The third-order valence-electron chi connectivity index (χ3n) is 8.15. The van der Waals surface area contributed by atoms with Crippen LogP contribution in [0.1, 0.15) is 24.0 Å². The Morgan fingerprint density at radius 2 is 1.50 bits per heavy atom. The minimum absolute atomic E-state index is 0.109. The molecule has 0 N–H and O–H groups in total. The molecule has 3 amide bonds. The van der Waals surface area contributed by atoms with Crippen molar-refractivity contribution in [2.75, 3.05) is 52.4 Å². The maximum Gasteiger partial charge on any atom is 0.328 e. The molecule has 8 heteroatoms. The Kier molecular flexibility index (Phi) is 8.38. The van der Waals surface area contributed by atoms with E-state index in [1.54, 1.807) is 19.1 Å². The molecule has 0 aliphatic carbocycles. The summed E-state index contributed by atoms with van der Waals surface area (Å²) in [5.41, 5.74) is 3.52. The number of amides is 3. The van der Waals surface area contributed by atoms with Gasteiger partial charge in [0, 0.05) is 51.7 Å². The number of hydrogen-bond acceptors (Lipinski definition) is 6. The number of ether oxygens (including phenoxy) is 2. The molecular weight excluding hydrogens is 504 g/mol. The van der Waals surface area contributed by atoms with Gasteiger partial charge in [0.1, 0.15) is 11.3 Å². The van der Waals surface area contributed by atoms with E-state index in [4.69, 9.17) is 9.47 Å². The molecule has 0 aromatic heterocycles. The molecule has 0 atom stereocenters. The standard InChI is InChI=1S/C32H38N4O4/c1-33(27-11-5-4-6-12-27)28-13-7-9-25(21-28)23-34-17-15-32(16-18-34)30(37)35(31(38)36(32)19-20-39-2)24-26-10-8-14-29(22-26)40-3/h4-14,21-22H,15-20,23-24H2,1-3H3. The van der Waals surface area contributed by atoms with Crippen LogP contribution in [0.4, 0.5) is 16.2 Å². The number of para-hydroxylation sites is 1. The Bertz CT molecular complexity index is 1320. The molecule has 0 bridgehead atoms. The van der Waals surface area contributed by atoms with E-state index in [9.17, 15) is 9.59 Å². The van der Waals surface area contributed by atoms with Gasteiger partial charge >= 0.3 is 6.03 Å². The first-order chi connectivity index (χ1) is 19.4. The van der Waals surface area contributed by atoms with Crippen molar-refractivity contribution < 1.29 is 19.1 Å². The van der Waals surface area contributed by atoms with Crippen LogP contribution >= 0.6 is 0 Å². The molecule has 0 radical (unpaired) electrons. The molecule has 2 saturated heterocycles. The zero-order chi connectivity index (χ0) is 28.1. The Morgan fingerprint density at radius 1 is 0.825 bits per heavy atom. The van der Waals surface area contributed by atoms with Gasteiger partial charge in [0.25, 0.3) is 5.91 Å². The fraction of sp³-hybridized carbons (Fsp3) is 0.375. The van der Waals surface area contributed by atoms with E-state index >= 15 is 0 Å². The average molecular weight is 543 g/mol. The monoisotopic (exact) mass is 542 g/mol. The van der Waals surface area contributed by atoms with Crippen LogP contribution in [0.25, 0.3) is 0 Å². The summed E-state index contributed by atoms with van der Waals surface area (Å²) in [6, 6.07) is 26.2. The summed E-state index contributed by atoms with van der Waals surface area (Å²) in [4.78, 5) is 35.2. The van der Waals surface area contributed by atoms with Gasteiger partial charge in [-0.2, -0.15) is 0 Å². The van der Waals surface area contributed by atoms with E-state index in [1.807, 2.05) is 42.5 Å². The van der Waals surface area contributed by atoms with Crippen molar-refractivity contribution in [3.05, 3.63) is 90.0 Å². The number of rotatable bonds is 10. The summed E-state index contributed by atoms with van der Waals surface area (Å²) in [5.74, 6) is 0.595. The summed E-state index contributed by atoms with van der Waals surface area (Å²) in [5, 5.41) is 0. The fourth-order valence-electron chi connectivity index (χ4n) is 5.85. The number of nitrogens with zero attached hydrogens (tertiary/aromatic N) is 4. The van der Waals surface area contributed by atoms with Crippen molar-refractivity contribution in [2.24, 2.45) is 0 Å². The van der Waals surface area contributed by atoms with E-state index in [0.717, 1.165) is 36.6 Å². The highest BCUT2D eigenvalue weighted by molar-refractivity contribution is 6.07. The Morgan fingerprint density at radius 3 is 2.20 bits per heavy atom. The summed E-state index contributed by atoms with van der Waals surface area (Å²) in [6.45, 7) is 3.26. The molecule has 3 aromatic carbocycles. The normalized spacial score (nSPS) is 17.1. The maximum absolute atomic E-state index is 13.9. The molecule has 3 aromatic rings. The van der Waals surface area contributed by atoms with Crippen LogP contribution < -0.4 is 9.64 Å². The van der Waals surface area contributed by atoms with Gasteiger partial charge in [-0.25, -0.2) is 4.79 Å². The Hall–Kier alpha value is -3.88. The van der Waals surface area contributed by atoms with Gasteiger partial charge in [0.2, 0.25) is 0 Å². The lowest BCUT2D eigenvalue weighted by molar-refractivity contribution is -0.136. The van der Waals surface area contributed by atoms with Crippen molar-refractivity contribution in [3.8, 4) is 5.75 Å². The van der Waals surface area contributed by atoms with E-state index in [2.05, 4.69) is 53.2 Å². The lowest BCUT2D eigenvalue weighted by atomic mass is 9.85. The van der Waals surface area contributed by atoms with Gasteiger partial charge in [0.05, 0.1) is 20.3 Å². The summed E-state index contributed by atoms with van der Waals surface area (Å²) < 4.78 is 10.7. The number of hydrogen-bond donors (Lipinski definition) is 0. The van der Waals surface area contributed by atoms with Crippen molar-refractivity contribution in [3.63, 3.8) is 0 Å². The van der Waals surface area contributed by atoms with Crippen molar-refractivity contribution in [2.45, 2.75) is 31.5 Å². The van der Waals surface area contributed by atoms with Crippen LogP contribution in [0.3, 0.4) is 0 Å². The molecule has 2 aliphatic heterocycles. The smallest absolute Gasteiger partial charge is 0.328 e. The van der Waals surface area contributed by atoms with Gasteiger partial charge in [-0.05, 0) is 60.4 Å². The molecule has 2 fully saturated rings. The number of anilines is 2. The highest BCUT2D eigenvalue weighted by Crippen LogP contribution is 2.38. The first kappa shape index (κ1) is 27.7. The van der Waals surface area contributed by atoms with Gasteiger partial charge in [0.15, 0.2) is 0 Å². The Labute approximate surface area is 236 Å². The molecule has 2 aliphatic rings. The van der Waals surface area contributed by atoms with E-state index < -0.39 is 5.54 Å². The minimum Gasteiger partial charge on any atom is -0.497 e. The van der Waals surface area contributed by atoms with Crippen LogP contribution in [-0.2, 0) is 22.6 Å². The molecule has 8 nitrogen and oxygen atoms in total. The second-order valence-electron chi connectivity index (χ2n) is 10.5. The number of likely N-dealkylation sites (tertiary alicyclic amines) is 1. The number of imide groups is 1. The number of benzene rings is 3. The third kappa shape index (κ3) is 5.55. The van der Waals surface area contributed by atoms with Gasteiger partial charge in [-0.3, -0.25) is 14.6 Å². The number of carbonyl (C=O) groups is 2.